The van der Waals surface area contributed by atoms with Crippen molar-refractivity contribution in [3.05, 3.63) is 27.7 Å². The smallest absolute Gasteiger partial charge is 0.242 e. The fourth-order valence-electron chi connectivity index (χ4n) is 1.74. The van der Waals surface area contributed by atoms with E-state index in [-0.39, 0.29) is 6.10 Å². The lowest BCUT2D eigenvalue weighted by atomic mass is 10.3. The molecule has 0 aliphatic heterocycles. The number of thiophene rings is 1. The predicted molar refractivity (Wildman–Crippen MR) is 83.6 cm³/mol. The maximum Gasteiger partial charge on any atom is 0.242 e. The van der Waals surface area contributed by atoms with Crippen molar-refractivity contribution in [1.82, 2.24) is 9.97 Å². The molecule has 2 N–H and O–H groups in total. The van der Waals surface area contributed by atoms with Crippen LogP contribution in [0.4, 0.5) is 11.5 Å². The number of anilines is 2. The van der Waals surface area contributed by atoms with Gasteiger partial charge in [0, 0.05) is 11.9 Å². The van der Waals surface area contributed by atoms with Gasteiger partial charge in [0.2, 0.25) is 5.88 Å². The maximum absolute atomic E-state index is 6.08. The highest BCUT2D eigenvalue weighted by atomic mass is 35.5. The molecular formula is C13H17ClN4OS. The molecule has 0 unspecified atom stereocenters. The summed E-state index contributed by atoms with van der Waals surface area (Å²) < 4.78 is 6.34. The van der Waals surface area contributed by atoms with Gasteiger partial charge in [-0.3, -0.25) is 0 Å². The Morgan fingerprint density at radius 1 is 1.40 bits per heavy atom. The molecule has 5 nitrogen and oxygen atoms in total. The average Bonchev–Trinajstić information content (AvgIpc) is 2.76. The Morgan fingerprint density at radius 2 is 2.15 bits per heavy atom. The van der Waals surface area contributed by atoms with Gasteiger partial charge in [-0.15, -0.1) is 11.3 Å². The van der Waals surface area contributed by atoms with E-state index in [1.165, 1.54) is 17.7 Å². The highest BCUT2D eigenvalue weighted by molar-refractivity contribution is 7.16. The minimum Gasteiger partial charge on any atom is -0.473 e. The van der Waals surface area contributed by atoms with Crippen LogP contribution < -0.4 is 15.4 Å². The van der Waals surface area contributed by atoms with Crippen LogP contribution in [0.25, 0.3) is 0 Å². The first-order chi connectivity index (χ1) is 9.47. The second-order valence-corrected chi connectivity index (χ2v) is 6.44. The zero-order chi connectivity index (χ0) is 14.7. The number of hydrogen-bond acceptors (Lipinski definition) is 6. The summed E-state index contributed by atoms with van der Waals surface area (Å²) in [6.45, 7) is 4.54. The molecule has 0 aliphatic carbocycles. The molecule has 0 radical (unpaired) electrons. The number of aromatic nitrogens is 2. The fraction of sp³-hybridized carbons (Fsp3) is 0.385. The van der Waals surface area contributed by atoms with Crippen LogP contribution in [-0.2, 0) is 6.54 Å². The molecule has 0 saturated heterocycles. The Labute approximate surface area is 127 Å². The van der Waals surface area contributed by atoms with Gasteiger partial charge in [-0.1, -0.05) is 11.6 Å². The number of ether oxygens (including phenoxy) is 1. The van der Waals surface area contributed by atoms with E-state index >= 15 is 0 Å². The van der Waals surface area contributed by atoms with Crippen molar-refractivity contribution < 1.29 is 4.74 Å². The van der Waals surface area contributed by atoms with Crippen molar-refractivity contribution >= 4 is 34.4 Å². The number of rotatable bonds is 5. The minimum atomic E-state index is 0.0152. The Morgan fingerprint density at radius 3 is 2.75 bits per heavy atom. The van der Waals surface area contributed by atoms with Gasteiger partial charge in [0.1, 0.15) is 12.0 Å². The van der Waals surface area contributed by atoms with Crippen LogP contribution in [0.3, 0.4) is 0 Å². The lowest BCUT2D eigenvalue weighted by molar-refractivity contribution is 0.234. The largest absolute Gasteiger partial charge is 0.473 e. The first-order valence-electron chi connectivity index (χ1n) is 6.20. The average molecular weight is 313 g/mol. The van der Waals surface area contributed by atoms with Crippen LogP contribution in [0.1, 0.15) is 18.7 Å². The maximum atomic E-state index is 6.08. The van der Waals surface area contributed by atoms with E-state index in [9.17, 15) is 0 Å². The summed E-state index contributed by atoms with van der Waals surface area (Å²) in [5, 5.41) is 0. The van der Waals surface area contributed by atoms with Crippen molar-refractivity contribution in [2.45, 2.75) is 26.5 Å². The van der Waals surface area contributed by atoms with E-state index in [1.54, 1.807) is 0 Å². The van der Waals surface area contributed by atoms with E-state index in [1.807, 2.05) is 37.9 Å². The van der Waals surface area contributed by atoms with E-state index in [4.69, 9.17) is 22.1 Å². The molecule has 20 heavy (non-hydrogen) atoms. The van der Waals surface area contributed by atoms with Crippen LogP contribution in [0.5, 0.6) is 5.88 Å². The van der Waals surface area contributed by atoms with E-state index in [2.05, 4.69) is 9.97 Å². The molecule has 2 aromatic heterocycles. The highest BCUT2D eigenvalue weighted by Gasteiger charge is 2.15. The lowest BCUT2D eigenvalue weighted by Crippen LogP contribution is -2.20. The molecule has 0 atom stereocenters. The number of nitrogens with two attached hydrogens (primary N) is 1. The molecular weight excluding hydrogens is 296 g/mol. The summed E-state index contributed by atoms with van der Waals surface area (Å²) in [7, 11) is 1.92. The standard InChI is InChI=1S/C13H17ClN4OS/c1-8(2)19-13-11(15)12(16-7-17-13)18(3)6-9-4-5-10(14)20-9/h4-5,7-8H,6,15H2,1-3H3. The van der Waals surface area contributed by atoms with Gasteiger partial charge in [0.25, 0.3) is 0 Å². The van der Waals surface area contributed by atoms with Gasteiger partial charge in [-0.25, -0.2) is 4.98 Å². The van der Waals surface area contributed by atoms with Crippen molar-refractivity contribution in [2.75, 3.05) is 17.7 Å². The molecule has 0 aromatic carbocycles. The van der Waals surface area contributed by atoms with Gasteiger partial charge < -0.3 is 15.4 Å². The summed E-state index contributed by atoms with van der Waals surface area (Å²) >= 11 is 7.47. The number of hydrogen-bond donors (Lipinski definition) is 1. The van der Waals surface area contributed by atoms with Gasteiger partial charge in [0.15, 0.2) is 5.82 Å². The van der Waals surface area contributed by atoms with Crippen molar-refractivity contribution in [1.29, 1.82) is 0 Å². The van der Waals surface area contributed by atoms with Crippen LogP contribution in [0, 0.1) is 0 Å². The van der Waals surface area contributed by atoms with Crippen molar-refractivity contribution in [3.8, 4) is 5.88 Å². The zero-order valence-electron chi connectivity index (χ0n) is 11.6. The number of nitrogen functional groups attached to an aromatic ring is 1. The third kappa shape index (κ3) is 3.52. The molecule has 7 heteroatoms. The Kier molecular flexibility index (Phi) is 4.67. The SMILES string of the molecule is CC(C)Oc1ncnc(N(C)Cc2ccc(Cl)s2)c1N. The first-order valence-corrected chi connectivity index (χ1v) is 7.39. The Bertz CT molecular complexity index is 588. The normalized spacial score (nSPS) is 10.8. The van der Waals surface area contributed by atoms with Crippen LogP contribution >= 0.6 is 22.9 Å². The Balaban J connectivity index is 2.19. The lowest BCUT2D eigenvalue weighted by Gasteiger charge is -2.20. The van der Waals surface area contributed by atoms with Crippen LogP contribution in [0.2, 0.25) is 4.34 Å². The van der Waals surface area contributed by atoms with Crippen molar-refractivity contribution in [2.24, 2.45) is 0 Å². The number of nitrogens with zero attached hydrogens (tertiary/aromatic N) is 3. The van der Waals surface area contributed by atoms with Gasteiger partial charge in [0.05, 0.1) is 17.0 Å². The first kappa shape index (κ1) is 14.9. The van der Waals surface area contributed by atoms with E-state index in [0.717, 1.165) is 9.21 Å². The zero-order valence-corrected chi connectivity index (χ0v) is 13.2. The third-order valence-corrected chi connectivity index (χ3v) is 3.77. The molecule has 0 amide bonds. The summed E-state index contributed by atoms with van der Waals surface area (Å²) in [6.07, 6.45) is 1.47. The Hall–Kier alpha value is -1.53. The number of halogens is 1. The molecule has 2 aromatic rings. The van der Waals surface area contributed by atoms with E-state index < -0.39 is 0 Å². The van der Waals surface area contributed by atoms with Crippen molar-refractivity contribution in [3.63, 3.8) is 0 Å². The van der Waals surface area contributed by atoms with Gasteiger partial charge in [-0.2, -0.15) is 4.98 Å². The molecule has 0 fully saturated rings. The third-order valence-electron chi connectivity index (χ3n) is 2.56. The van der Waals surface area contributed by atoms with Gasteiger partial charge in [-0.05, 0) is 26.0 Å². The summed E-state index contributed by atoms with van der Waals surface area (Å²) in [4.78, 5) is 11.4. The molecule has 108 valence electrons. The monoisotopic (exact) mass is 312 g/mol. The molecule has 2 rings (SSSR count). The molecule has 2 heterocycles. The molecule has 0 spiro atoms. The van der Waals surface area contributed by atoms with Gasteiger partial charge >= 0.3 is 0 Å². The topological polar surface area (TPSA) is 64.3 Å². The summed E-state index contributed by atoms with van der Waals surface area (Å²) in [5.74, 6) is 1.07. The van der Waals surface area contributed by atoms with Crippen LogP contribution in [0.15, 0.2) is 18.5 Å². The highest BCUT2D eigenvalue weighted by Crippen LogP contribution is 2.30. The summed E-state index contributed by atoms with van der Waals surface area (Å²) in [6, 6.07) is 3.87. The molecule has 0 aliphatic rings. The fourth-order valence-corrected chi connectivity index (χ4v) is 2.88. The molecule has 0 bridgehead atoms. The summed E-state index contributed by atoms with van der Waals surface area (Å²) in [5.41, 5.74) is 6.53. The van der Waals surface area contributed by atoms with Crippen LogP contribution in [-0.4, -0.2) is 23.1 Å². The minimum absolute atomic E-state index is 0.0152. The second-order valence-electron chi connectivity index (χ2n) is 4.64. The van der Waals surface area contributed by atoms with E-state index in [0.29, 0.717) is 23.9 Å². The predicted octanol–water partition coefficient (Wildman–Crippen LogP) is 3.20. The second kappa shape index (κ2) is 6.28. The quantitative estimate of drug-likeness (QED) is 0.918. The molecule has 0 saturated carbocycles.